The molecule has 4 heteroatoms. The van der Waals surface area contributed by atoms with Crippen molar-refractivity contribution in [1.29, 1.82) is 0 Å². The molecule has 0 aromatic rings. The molecule has 0 aliphatic carbocycles. The van der Waals surface area contributed by atoms with E-state index in [9.17, 15) is 0 Å². The molecule has 0 spiro atoms. The monoisotopic (exact) mass is 430 g/mol. The summed E-state index contributed by atoms with van der Waals surface area (Å²) < 4.78 is 0. The van der Waals surface area contributed by atoms with Crippen LogP contribution in [0.2, 0.25) is 0 Å². The summed E-state index contributed by atoms with van der Waals surface area (Å²) in [7, 11) is 0. The summed E-state index contributed by atoms with van der Waals surface area (Å²) in [6.45, 7) is 0. The van der Waals surface area contributed by atoms with Crippen LogP contribution in [0.3, 0.4) is 0 Å². The summed E-state index contributed by atoms with van der Waals surface area (Å²) in [5.41, 5.74) is 0. The average molecular weight is 426 g/mol. The van der Waals surface area contributed by atoms with Crippen LogP contribution in [-0.4, -0.2) is 17.1 Å². The van der Waals surface area contributed by atoms with Gasteiger partial charge in [-0.25, -0.2) is 0 Å². The Labute approximate surface area is 84.1 Å². The molecule has 0 amide bonds. The third-order valence-electron chi connectivity index (χ3n) is 0. The minimum absolute atomic E-state index is 0. The predicted octanol–water partition coefficient (Wildman–Crippen LogP) is -0.924. The van der Waals surface area contributed by atoms with Gasteiger partial charge in [0, 0.05) is 27.3 Å². The standard InChI is InChI=1S/Cd.Hg.H2S.HSe/h;;1H2;1H/q;+1;;/p-1. The van der Waals surface area contributed by atoms with Crippen molar-refractivity contribution in [2.45, 2.75) is 0 Å². The number of hydrogen-bond donors (Lipinski definition) is 0. The summed E-state index contributed by atoms with van der Waals surface area (Å²) in [6.07, 6.45) is 0. The van der Waals surface area contributed by atoms with Crippen molar-refractivity contribution in [3.63, 3.8) is 0 Å². The second kappa shape index (κ2) is 17.2. The van der Waals surface area contributed by atoms with Gasteiger partial charge in [0.25, 0.3) is 0 Å². The first-order chi connectivity index (χ1) is 0. The van der Waals surface area contributed by atoms with Crippen LogP contribution < -0.4 is 0 Å². The first kappa shape index (κ1) is 29.7. The van der Waals surface area contributed by atoms with Gasteiger partial charge >= 0.3 is 44.7 Å². The fourth-order valence-electron chi connectivity index (χ4n) is 0. The van der Waals surface area contributed by atoms with Crippen molar-refractivity contribution in [3.8, 4) is 0 Å². The Hall–Kier alpha value is 2.73. The Morgan fingerprint density at radius 1 is 1.00 bits per heavy atom. The number of rotatable bonds is 0. The van der Waals surface area contributed by atoms with Crippen LogP contribution in [0.4, 0.5) is 0 Å². The van der Waals surface area contributed by atoms with E-state index in [0.717, 1.165) is 0 Å². The molecule has 0 nitrogen and oxygen atoms in total. The Morgan fingerprint density at radius 3 is 1.00 bits per heavy atom. The topological polar surface area (TPSA) is 0 Å². The quantitative estimate of drug-likeness (QED) is 0.275. The maximum absolute atomic E-state index is 0. The van der Waals surface area contributed by atoms with Crippen LogP contribution in [-0.2, 0) is 68.5 Å². The molecule has 0 aromatic heterocycles. The second-order valence-corrected chi connectivity index (χ2v) is 0. The zero-order valence-corrected chi connectivity index (χ0v) is 14.6. The fourth-order valence-corrected chi connectivity index (χ4v) is 0. The van der Waals surface area contributed by atoms with Crippen molar-refractivity contribution in [2.75, 3.05) is 0 Å². The number of hydrogen-bond acceptors (Lipinski definition) is 1. The summed E-state index contributed by atoms with van der Waals surface area (Å²) >= 11 is 0. The summed E-state index contributed by atoms with van der Waals surface area (Å²) in [5, 5.41) is 0. The average Bonchev–Trinajstić information content (AvgIpc) is 0. The van der Waals surface area contributed by atoms with E-state index in [0.29, 0.717) is 0 Å². The predicted molar refractivity (Wildman–Crippen MR) is 15.9 cm³/mol. The first-order valence-electron chi connectivity index (χ1n) is 0. The van der Waals surface area contributed by atoms with E-state index < -0.39 is 0 Å². The molecule has 0 N–H and O–H groups in total. The van der Waals surface area contributed by atoms with Crippen molar-refractivity contribution in [2.24, 2.45) is 0 Å². The van der Waals surface area contributed by atoms with Crippen LogP contribution in [0.25, 0.3) is 0 Å². The minimum atomic E-state index is 0. The van der Waals surface area contributed by atoms with E-state index >= 15 is 0 Å². The molecule has 0 saturated heterocycles. The fraction of sp³-hybridized carbons (Fsp3) is 0. The van der Waals surface area contributed by atoms with Crippen LogP contribution in [0.15, 0.2) is 0 Å². The molecule has 0 aliphatic heterocycles. The van der Waals surface area contributed by atoms with Crippen molar-refractivity contribution < 1.29 is 55.0 Å². The van der Waals surface area contributed by atoms with Gasteiger partial charge in [0.15, 0.2) is 0 Å². The summed E-state index contributed by atoms with van der Waals surface area (Å²) in [5.74, 6) is 0. The third-order valence-corrected chi connectivity index (χ3v) is 0. The van der Waals surface area contributed by atoms with Gasteiger partial charge in [-0.1, -0.05) is 0 Å². The van der Waals surface area contributed by atoms with Crippen LogP contribution in [0, 0.1) is 0 Å². The molecule has 0 unspecified atom stereocenters. The molecule has 0 atom stereocenters. The Morgan fingerprint density at radius 2 is 1.00 bits per heavy atom. The normalized spacial score (nSPS) is 0. The Kier molecular flexibility index (Phi) is 128. The molecule has 0 saturated carbocycles. The molecule has 0 rings (SSSR count). The van der Waals surface area contributed by atoms with Gasteiger partial charge in [-0.15, -0.1) is 0 Å². The second-order valence-electron chi connectivity index (χ2n) is 0. The number of thiol groups is 1. The van der Waals surface area contributed by atoms with Crippen LogP contribution in [0.1, 0.15) is 0 Å². The SMILES string of the molecule is [Cd].[Hg+].[SH-].[SeH]. The van der Waals surface area contributed by atoms with Gasteiger partial charge in [0.1, 0.15) is 0 Å². The molecular weight excluding hydrogens is 424 g/mol. The van der Waals surface area contributed by atoms with E-state index in [1.165, 1.54) is 0 Å². The Balaban J connectivity index is 0. The van der Waals surface area contributed by atoms with Gasteiger partial charge in [-0.05, 0) is 0 Å². The molecule has 0 fully saturated rings. The van der Waals surface area contributed by atoms with E-state index in [2.05, 4.69) is 0 Å². The third kappa shape index (κ3) is 8.83. The molecule has 0 heterocycles. The molecule has 18 valence electrons. The van der Waals surface area contributed by atoms with Gasteiger partial charge in [0.2, 0.25) is 0 Å². The maximum atomic E-state index is 0. The van der Waals surface area contributed by atoms with Crippen molar-refractivity contribution >= 4 is 30.6 Å². The zero-order valence-electron chi connectivity index (χ0n) is 2.31. The van der Waals surface area contributed by atoms with E-state index in [1.807, 2.05) is 0 Å². The van der Waals surface area contributed by atoms with E-state index in [1.54, 1.807) is 0 Å². The van der Waals surface area contributed by atoms with Crippen molar-refractivity contribution in [3.05, 3.63) is 0 Å². The molecule has 4 heavy (non-hydrogen) atoms. The Bertz CT molecular complexity index is 8.00. The summed E-state index contributed by atoms with van der Waals surface area (Å²) in [4.78, 5) is 0. The zero-order chi connectivity index (χ0) is 0. The van der Waals surface area contributed by atoms with Crippen molar-refractivity contribution in [1.82, 2.24) is 0 Å². The van der Waals surface area contributed by atoms with E-state index in [4.69, 9.17) is 0 Å². The molecule has 0 bridgehead atoms. The molecular formula is H2CdHgSSe. The van der Waals surface area contributed by atoms with E-state index in [-0.39, 0.29) is 85.5 Å². The van der Waals surface area contributed by atoms with Gasteiger partial charge in [0.05, 0.1) is 0 Å². The van der Waals surface area contributed by atoms with Crippen LogP contribution >= 0.6 is 0 Å². The van der Waals surface area contributed by atoms with Crippen LogP contribution in [0.5, 0.6) is 0 Å². The molecule has 0 aromatic carbocycles. The molecule has 2 radical (unpaired) electrons. The summed E-state index contributed by atoms with van der Waals surface area (Å²) in [6, 6.07) is 0. The van der Waals surface area contributed by atoms with Gasteiger partial charge < -0.3 is 13.5 Å². The first-order valence-corrected chi connectivity index (χ1v) is 0. The van der Waals surface area contributed by atoms with Gasteiger partial charge in [-0.3, -0.25) is 0 Å². The van der Waals surface area contributed by atoms with Gasteiger partial charge in [-0.2, -0.15) is 0 Å². The molecule has 0 aliphatic rings.